The van der Waals surface area contributed by atoms with Crippen LogP contribution >= 0.6 is 0 Å². The zero-order valence-electron chi connectivity index (χ0n) is 25.6. The Hall–Kier alpha value is -6.59. The second kappa shape index (κ2) is 10.5. The second-order valence-corrected chi connectivity index (χ2v) is 12.0. The van der Waals surface area contributed by atoms with Crippen LogP contribution in [0.15, 0.2) is 160 Å². The molecular formula is C43H25N3O2. The van der Waals surface area contributed by atoms with Crippen molar-refractivity contribution in [2.45, 2.75) is 0 Å². The monoisotopic (exact) mass is 615 g/mol. The summed E-state index contributed by atoms with van der Waals surface area (Å²) < 4.78 is 12.4. The molecule has 3 aromatic heterocycles. The number of furan rings is 2. The summed E-state index contributed by atoms with van der Waals surface area (Å²) in [5, 5.41) is 6.27. The lowest BCUT2D eigenvalue weighted by Crippen LogP contribution is -2.01. The molecule has 3 heterocycles. The fourth-order valence-electron chi connectivity index (χ4n) is 6.85. The molecule has 0 unspecified atom stereocenters. The molecule has 0 saturated heterocycles. The highest BCUT2D eigenvalue weighted by atomic mass is 16.3. The number of hydrogen-bond acceptors (Lipinski definition) is 5. The van der Waals surface area contributed by atoms with Crippen LogP contribution in [0, 0.1) is 0 Å². The van der Waals surface area contributed by atoms with E-state index in [2.05, 4.69) is 84.9 Å². The van der Waals surface area contributed by atoms with Gasteiger partial charge in [-0.15, -0.1) is 0 Å². The molecule has 0 bridgehead atoms. The lowest BCUT2D eigenvalue weighted by molar-refractivity contribution is 0.668. The average Bonchev–Trinajstić information content (AvgIpc) is 3.73. The molecule has 0 fully saturated rings. The van der Waals surface area contributed by atoms with E-state index in [0.717, 1.165) is 82.5 Å². The van der Waals surface area contributed by atoms with E-state index in [1.165, 1.54) is 0 Å². The van der Waals surface area contributed by atoms with E-state index in [4.69, 9.17) is 23.8 Å². The van der Waals surface area contributed by atoms with Gasteiger partial charge in [-0.05, 0) is 64.4 Å². The standard InChI is InChI=1S/C43H25N3O2/c1-2-10-26(11-3-1)28-21-20-27-12-8-15-31(34(27)24-28)42-44-41(29-22-23-38-35(25-29)30-13-4-6-17-36(30)47-38)45-43(46-42)33-16-9-19-39-40(33)32-14-5-7-18-37(32)48-39/h1-25H. The van der Waals surface area contributed by atoms with E-state index in [-0.39, 0.29) is 0 Å². The second-order valence-electron chi connectivity index (χ2n) is 12.0. The molecule has 5 heteroatoms. The predicted molar refractivity (Wildman–Crippen MR) is 194 cm³/mol. The van der Waals surface area contributed by atoms with Crippen LogP contribution in [-0.4, -0.2) is 15.0 Å². The Kier molecular flexibility index (Phi) is 5.81. The van der Waals surface area contributed by atoms with Gasteiger partial charge in [-0.2, -0.15) is 0 Å². The van der Waals surface area contributed by atoms with Crippen LogP contribution in [0.4, 0.5) is 0 Å². The zero-order chi connectivity index (χ0) is 31.6. The zero-order valence-corrected chi connectivity index (χ0v) is 25.6. The highest BCUT2D eigenvalue weighted by Crippen LogP contribution is 2.38. The Balaban J connectivity index is 1.25. The summed E-state index contributed by atoms with van der Waals surface area (Å²) in [6.45, 7) is 0. The minimum Gasteiger partial charge on any atom is -0.456 e. The van der Waals surface area contributed by atoms with Crippen molar-refractivity contribution in [2.75, 3.05) is 0 Å². The Morgan fingerprint density at radius 2 is 0.938 bits per heavy atom. The molecular weight excluding hydrogens is 590 g/mol. The molecule has 7 aromatic carbocycles. The van der Waals surface area contributed by atoms with Crippen LogP contribution in [0.25, 0.3) is 99.9 Å². The van der Waals surface area contributed by atoms with Crippen molar-refractivity contribution < 1.29 is 8.83 Å². The molecule has 5 nitrogen and oxygen atoms in total. The molecule has 0 aliphatic carbocycles. The highest BCUT2D eigenvalue weighted by Gasteiger charge is 2.19. The van der Waals surface area contributed by atoms with Crippen molar-refractivity contribution in [1.82, 2.24) is 15.0 Å². The molecule has 0 spiro atoms. The van der Waals surface area contributed by atoms with Crippen LogP contribution in [0.1, 0.15) is 0 Å². The number of hydrogen-bond donors (Lipinski definition) is 0. The van der Waals surface area contributed by atoms with Crippen molar-refractivity contribution in [3.8, 4) is 45.3 Å². The third kappa shape index (κ3) is 4.22. The SMILES string of the molecule is c1ccc(-c2ccc3cccc(-c4nc(-c5ccc6oc7ccccc7c6c5)nc(-c5cccc6oc7ccccc7c56)n4)c3c2)cc1. The molecule has 48 heavy (non-hydrogen) atoms. The molecule has 10 rings (SSSR count). The van der Waals surface area contributed by atoms with E-state index < -0.39 is 0 Å². The van der Waals surface area contributed by atoms with Gasteiger partial charge in [0.1, 0.15) is 22.3 Å². The molecule has 0 amide bonds. The molecule has 0 radical (unpaired) electrons. The summed E-state index contributed by atoms with van der Waals surface area (Å²) >= 11 is 0. The van der Waals surface area contributed by atoms with Crippen LogP contribution in [0.2, 0.25) is 0 Å². The van der Waals surface area contributed by atoms with Crippen LogP contribution in [0.5, 0.6) is 0 Å². The van der Waals surface area contributed by atoms with Crippen molar-refractivity contribution in [3.05, 3.63) is 152 Å². The summed E-state index contributed by atoms with van der Waals surface area (Å²) in [7, 11) is 0. The van der Waals surface area contributed by atoms with E-state index in [1.54, 1.807) is 0 Å². The van der Waals surface area contributed by atoms with Gasteiger partial charge in [0.2, 0.25) is 0 Å². The molecule has 0 saturated carbocycles. The number of benzene rings is 7. The molecule has 10 aromatic rings. The summed E-state index contributed by atoms with van der Waals surface area (Å²) in [6.07, 6.45) is 0. The quantitative estimate of drug-likeness (QED) is 0.197. The van der Waals surface area contributed by atoms with Gasteiger partial charge in [0.15, 0.2) is 17.5 Å². The Bertz CT molecular complexity index is 2850. The van der Waals surface area contributed by atoms with Gasteiger partial charge in [-0.1, -0.05) is 109 Å². The maximum atomic E-state index is 6.26. The Morgan fingerprint density at radius 1 is 0.333 bits per heavy atom. The first kappa shape index (κ1) is 26.6. The summed E-state index contributed by atoms with van der Waals surface area (Å²) in [6, 6.07) is 51.7. The lowest BCUT2D eigenvalue weighted by atomic mass is 9.98. The number of nitrogens with zero attached hydrogens (tertiary/aromatic N) is 3. The first-order chi connectivity index (χ1) is 23.8. The number of para-hydroxylation sites is 2. The van der Waals surface area contributed by atoms with Gasteiger partial charge in [0, 0.05) is 38.2 Å². The van der Waals surface area contributed by atoms with E-state index in [1.807, 2.05) is 66.7 Å². The average molecular weight is 616 g/mol. The first-order valence-corrected chi connectivity index (χ1v) is 15.9. The van der Waals surface area contributed by atoms with Crippen molar-refractivity contribution in [2.24, 2.45) is 0 Å². The molecule has 0 N–H and O–H groups in total. The van der Waals surface area contributed by atoms with Crippen LogP contribution in [-0.2, 0) is 0 Å². The Labute approximate surface area is 274 Å². The van der Waals surface area contributed by atoms with Gasteiger partial charge < -0.3 is 8.83 Å². The highest BCUT2D eigenvalue weighted by molar-refractivity contribution is 6.12. The Morgan fingerprint density at radius 3 is 1.81 bits per heavy atom. The lowest BCUT2D eigenvalue weighted by Gasteiger charge is -2.12. The third-order valence-corrected chi connectivity index (χ3v) is 9.14. The van der Waals surface area contributed by atoms with Crippen LogP contribution < -0.4 is 0 Å². The summed E-state index contributed by atoms with van der Waals surface area (Å²) in [4.78, 5) is 15.5. The fourth-order valence-corrected chi connectivity index (χ4v) is 6.85. The van der Waals surface area contributed by atoms with Gasteiger partial charge >= 0.3 is 0 Å². The molecule has 0 aliphatic heterocycles. The fraction of sp³-hybridized carbons (Fsp3) is 0. The summed E-state index contributed by atoms with van der Waals surface area (Å²) in [5.74, 6) is 1.77. The first-order valence-electron chi connectivity index (χ1n) is 15.9. The number of fused-ring (bicyclic) bond motifs is 7. The van der Waals surface area contributed by atoms with Crippen molar-refractivity contribution in [3.63, 3.8) is 0 Å². The smallest absolute Gasteiger partial charge is 0.164 e. The van der Waals surface area contributed by atoms with Gasteiger partial charge in [-0.3, -0.25) is 0 Å². The van der Waals surface area contributed by atoms with E-state index >= 15 is 0 Å². The van der Waals surface area contributed by atoms with E-state index in [0.29, 0.717) is 17.5 Å². The van der Waals surface area contributed by atoms with Crippen LogP contribution in [0.3, 0.4) is 0 Å². The maximum absolute atomic E-state index is 6.26. The van der Waals surface area contributed by atoms with Gasteiger partial charge in [0.25, 0.3) is 0 Å². The molecule has 0 atom stereocenters. The minimum absolute atomic E-state index is 0.584. The molecule has 0 aliphatic rings. The van der Waals surface area contributed by atoms with Gasteiger partial charge in [-0.25, -0.2) is 15.0 Å². The predicted octanol–water partition coefficient (Wildman–Crippen LogP) is 11.5. The topological polar surface area (TPSA) is 65.0 Å². The normalized spacial score (nSPS) is 11.8. The maximum Gasteiger partial charge on any atom is 0.164 e. The number of rotatable bonds is 4. The van der Waals surface area contributed by atoms with Gasteiger partial charge in [0.05, 0.1) is 0 Å². The largest absolute Gasteiger partial charge is 0.456 e. The molecule has 224 valence electrons. The van der Waals surface area contributed by atoms with Crippen molar-refractivity contribution >= 4 is 54.6 Å². The number of aromatic nitrogens is 3. The summed E-state index contributed by atoms with van der Waals surface area (Å²) in [5.41, 5.74) is 8.31. The van der Waals surface area contributed by atoms with Crippen molar-refractivity contribution in [1.29, 1.82) is 0 Å². The third-order valence-electron chi connectivity index (χ3n) is 9.14. The van der Waals surface area contributed by atoms with E-state index in [9.17, 15) is 0 Å². The minimum atomic E-state index is 0.584.